The predicted octanol–water partition coefficient (Wildman–Crippen LogP) is 2.95. The number of piperidine rings is 1. The molecule has 100 valence electrons. The molecule has 0 radical (unpaired) electrons. The van der Waals surface area contributed by atoms with Crippen LogP contribution in [0.4, 0.5) is 5.69 Å². The smallest absolute Gasteiger partial charge is 0.0702 e. The predicted molar refractivity (Wildman–Crippen MR) is 76.9 cm³/mol. The Morgan fingerprint density at radius 3 is 2.89 bits per heavy atom. The molecule has 18 heavy (non-hydrogen) atoms. The van der Waals surface area contributed by atoms with Gasteiger partial charge >= 0.3 is 0 Å². The fraction of sp³-hybridized carbons (Fsp3) is 0.571. The summed E-state index contributed by atoms with van der Waals surface area (Å²) in [6.07, 6.45) is 2.45. The van der Waals surface area contributed by atoms with Crippen molar-refractivity contribution in [3.8, 4) is 0 Å². The van der Waals surface area contributed by atoms with Gasteiger partial charge in [0.05, 0.1) is 12.7 Å². The summed E-state index contributed by atoms with van der Waals surface area (Å²) in [4.78, 5) is 2.37. The zero-order chi connectivity index (χ0) is 13.1. The van der Waals surface area contributed by atoms with Gasteiger partial charge in [0.2, 0.25) is 0 Å². The molecule has 1 aromatic carbocycles. The lowest BCUT2D eigenvalue weighted by atomic mass is 9.98. The van der Waals surface area contributed by atoms with Gasteiger partial charge in [-0.1, -0.05) is 15.9 Å². The van der Waals surface area contributed by atoms with E-state index in [4.69, 9.17) is 4.74 Å². The molecule has 0 bridgehead atoms. The number of aliphatic hydroxyl groups is 1. The second kappa shape index (κ2) is 6.04. The van der Waals surface area contributed by atoms with Crippen molar-refractivity contribution in [3.63, 3.8) is 0 Å². The molecule has 2 atom stereocenters. The van der Waals surface area contributed by atoms with E-state index in [1.54, 1.807) is 7.11 Å². The third kappa shape index (κ3) is 2.87. The average molecular weight is 314 g/mol. The third-order valence-electron chi connectivity index (χ3n) is 3.68. The van der Waals surface area contributed by atoms with E-state index in [1.807, 2.05) is 12.1 Å². The van der Waals surface area contributed by atoms with Gasteiger partial charge in [-0.2, -0.15) is 0 Å². The van der Waals surface area contributed by atoms with Crippen molar-refractivity contribution in [2.24, 2.45) is 0 Å². The zero-order valence-electron chi connectivity index (χ0n) is 10.9. The summed E-state index contributed by atoms with van der Waals surface area (Å²) in [5.74, 6) is 0. The van der Waals surface area contributed by atoms with Gasteiger partial charge in [0.25, 0.3) is 0 Å². The molecule has 0 amide bonds. The van der Waals surface area contributed by atoms with Crippen molar-refractivity contribution in [1.29, 1.82) is 0 Å². The molecule has 0 aliphatic carbocycles. The van der Waals surface area contributed by atoms with Crippen molar-refractivity contribution in [2.45, 2.75) is 38.5 Å². The second-order valence-electron chi connectivity index (χ2n) is 4.86. The summed E-state index contributed by atoms with van der Waals surface area (Å²) >= 11 is 3.45. The minimum Gasteiger partial charge on any atom is -0.392 e. The van der Waals surface area contributed by atoms with Crippen molar-refractivity contribution in [1.82, 2.24) is 0 Å². The number of halogens is 1. The van der Waals surface area contributed by atoms with E-state index in [2.05, 4.69) is 33.8 Å². The number of benzene rings is 1. The molecule has 1 heterocycles. The minimum absolute atomic E-state index is 0.0751. The number of hydrogen-bond donors (Lipinski definition) is 1. The molecule has 1 aliphatic rings. The SMILES string of the molecule is COC1CCN(c2ccc(Br)cc2CO)C(C)C1. The van der Waals surface area contributed by atoms with Gasteiger partial charge in [-0.15, -0.1) is 0 Å². The van der Waals surface area contributed by atoms with Crippen LogP contribution in [0.3, 0.4) is 0 Å². The average Bonchev–Trinajstić information content (AvgIpc) is 2.39. The quantitative estimate of drug-likeness (QED) is 0.931. The molecule has 4 heteroatoms. The summed E-state index contributed by atoms with van der Waals surface area (Å²) in [6.45, 7) is 3.27. The van der Waals surface area contributed by atoms with Gasteiger partial charge in [0.15, 0.2) is 0 Å². The van der Waals surface area contributed by atoms with Crippen LogP contribution >= 0.6 is 15.9 Å². The molecule has 0 saturated carbocycles. The van der Waals surface area contributed by atoms with Crippen LogP contribution < -0.4 is 4.90 Å². The Kier molecular flexibility index (Phi) is 4.65. The molecule has 2 unspecified atom stereocenters. The first-order valence-electron chi connectivity index (χ1n) is 6.34. The van der Waals surface area contributed by atoms with Gasteiger partial charge in [-0.3, -0.25) is 0 Å². The molecule has 1 aromatic rings. The van der Waals surface area contributed by atoms with Gasteiger partial charge in [0, 0.05) is 35.4 Å². The largest absolute Gasteiger partial charge is 0.392 e. The number of nitrogens with zero attached hydrogens (tertiary/aromatic N) is 1. The van der Waals surface area contributed by atoms with Crippen LogP contribution in [0.2, 0.25) is 0 Å². The molecule has 1 aliphatic heterocycles. The van der Waals surface area contributed by atoms with Crippen LogP contribution in [-0.2, 0) is 11.3 Å². The van der Waals surface area contributed by atoms with Crippen LogP contribution in [0.25, 0.3) is 0 Å². The van der Waals surface area contributed by atoms with E-state index in [1.165, 1.54) is 0 Å². The zero-order valence-corrected chi connectivity index (χ0v) is 12.5. The van der Waals surface area contributed by atoms with Gasteiger partial charge in [-0.25, -0.2) is 0 Å². The lowest BCUT2D eigenvalue weighted by Crippen LogP contribution is -2.43. The first-order valence-corrected chi connectivity index (χ1v) is 7.13. The minimum atomic E-state index is 0.0751. The first kappa shape index (κ1) is 13.8. The van der Waals surface area contributed by atoms with Crippen molar-refractivity contribution >= 4 is 21.6 Å². The Labute approximate surface area is 117 Å². The molecular weight excluding hydrogens is 294 g/mol. The summed E-state index contributed by atoms with van der Waals surface area (Å²) in [5.41, 5.74) is 2.12. The second-order valence-corrected chi connectivity index (χ2v) is 5.77. The first-order chi connectivity index (χ1) is 8.65. The number of methoxy groups -OCH3 is 1. The third-order valence-corrected chi connectivity index (χ3v) is 4.18. The fourth-order valence-electron chi connectivity index (χ4n) is 2.66. The van der Waals surface area contributed by atoms with Crippen LogP contribution in [0.15, 0.2) is 22.7 Å². The van der Waals surface area contributed by atoms with E-state index in [-0.39, 0.29) is 6.61 Å². The molecule has 1 N–H and O–H groups in total. The topological polar surface area (TPSA) is 32.7 Å². The Morgan fingerprint density at radius 2 is 2.28 bits per heavy atom. The highest BCUT2D eigenvalue weighted by Gasteiger charge is 2.26. The molecular formula is C14H20BrNO2. The molecule has 0 aromatic heterocycles. The molecule has 3 nitrogen and oxygen atoms in total. The Morgan fingerprint density at radius 1 is 1.50 bits per heavy atom. The molecule has 0 spiro atoms. The molecule has 1 fully saturated rings. The highest BCUT2D eigenvalue weighted by atomic mass is 79.9. The summed E-state index contributed by atoms with van der Waals surface area (Å²) in [5, 5.41) is 9.49. The monoisotopic (exact) mass is 313 g/mol. The standard InChI is InChI=1S/C14H20BrNO2/c1-10-7-13(18-2)5-6-16(10)14-4-3-12(15)8-11(14)9-17/h3-4,8,10,13,17H,5-7,9H2,1-2H3. The van der Waals surface area contributed by atoms with Crippen molar-refractivity contribution < 1.29 is 9.84 Å². The Balaban J connectivity index is 2.21. The normalized spacial score (nSPS) is 24.3. The summed E-state index contributed by atoms with van der Waals surface area (Å²) in [6, 6.07) is 6.54. The van der Waals surface area contributed by atoms with Gasteiger partial charge < -0.3 is 14.7 Å². The lowest BCUT2D eigenvalue weighted by Gasteiger charge is -2.39. The van der Waals surface area contributed by atoms with E-state index in [0.717, 1.165) is 35.1 Å². The Bertz CT molecular complexity index is 411. The lowest BCUT2D eigenvalue weighted by molar-refractivity contribution is 0.0720. The van der Waals surface area contributed by atoms with E-state index >= 15 is 0 Å². The molecule has 2 rings (SSSR count). The maximum Gasteiger partial charge on any atom is 0.0702 e. The maximum absolute atomic E-state index is 9.49. The van der Waals surface area contributed by atoms with Gasteiger partial charge in [0.1, 0.15) is 0 Å². The van der Waals surface area contributed by atoms with E-state index in [9.17, 15) is 5.11 Å². The maximum atomic E-state index is 9.49. The molecule has 1 saturated heterocycles. The van der Waals surface area contributed by atoms with Crippen molar-refractivity contribution in [2.75, 3.05) is 18.6 Å². The number of hydrogen-bond acceptors (Lipinski definition) is 3. The number of aliphatic hydroxyl groups excluding tert-OH is 1. The highest BCUT2D eigenvalue weighted by molar-refractivity contribution is 9.10. The van der Waals surface area contributed by atoms with E-state index in [0.29, 0.717) is 12.1 Å². The van der Waals surface area contributed by atoms with Crippen LogP contribution in [0, 0.1) is 0 Å². The van der Waals surface area contributed by atoms with Crippen LogP contribution in [0.1, 0.15) is 25.3 Å². The van der Waals surface area contributed by atoms with Crippen LogP contribution in [-0.4, -0.2) is 30.9 Å². The van der Waals surface area contributed by atoms with Gasteiger partial charge in [-0.05, 0) is 38.0 Å². The number of ether oxygens (including phenoxy) is 1. The Hall–Kier alpha value is -0.580. The highest BCUT2D eigenvalue weighted by Crippen LogP contribution is 2.30. The summed E-state index contributed by atoms with van der Waals surface area (Å²) < 4.78 is 6.45. The number of anilines is 1. The fourth-order valence-corrected chi connectivity index (χ4v) is 3.07. The number of rotatable bonds is 3. The van der Waals surface area contributed by atoms with E-state index < -0.39 is 0 Å². The van der Waals surface area contributed by atoms with Crippen molar-refractivity contribution in [3.05, 3.63) is 28.2 Å². The summed E-state index contributed by atoms with van der Waals surface area (Å²) in [7, 11) is 1.78. The van der Waals surface area contributed by atoms with Crippen LogP contribution in [0.5, 0.6) is 0 Å².